The van der Waals surface area contributed by atoms with E-state index in [0.717, 1.165) is 31.2 Å². The highest BCUT2D eigenvalue weighted by Gasteiger charge is 2.31. The Hall–Kier alpha value is -2.91. The first-order valence-corrected chi connectivity index (χ1v) is 9.68. The minimum atomic E-state index is -4.40. The van der Waals surface area contributed by atoms with Gasteiger partial charge in [0.25, 0.3) is 5.56 Å². The Morgan fingerprint density at radius 2 is 1.93 bits per heavy atom. The summed E-state index contributed by atoms with van der Waals surface area (Å²) >= 11 is 0. The number of nitrogens with zero attached hydrogens (tertiary/aromatic N) is 5. The quantitative estimate of drug-likeness (QED) is 0.738. The number of piperidine rings is 1. The second-order valence-electron chi connectivity index (χ2n) is 7.60. The monoisotopic (exact) mass is 423 g/mol. The number of rotatable bonds is 5. The van der Waals surface area contributed by atoms with Crippen molar-refractivity contribution in [1.82, 2.24) is 19.4 Å². The van der Waals surface area contributed by atoms with Crippen LogP contribution in [0.25, 0.3) is 0 Å². The first-order valence-electron chi connectivity index (χ1n) is 9.68. The van der Waals surface area contributed by atoms with Crippen LogP contribution >= 0.6 is 0 Å². The number of carbonyl (C=O) groups is 1. The van der Waals surface area contributed by atoms with Gasteiger partial charge in [0.15, 0.2) is 0 Å². The van der Waals surface area contributed by atoms with E-state index in [4.69, 9.17) is 0 Å². The first kappa shape index (κ1) is 21.8. The van der Waals surface area contributed by atoms with Gasteiger partial charge in [-0.1, -0.05) is 0 Å². The molecule has 162 valence electrons. The number of alkyl halides is 3. The lowest BCUT2D eigenvalue weighted by Crippen LogP contribution is -2.43. The molecule has 0 radical (unpaired) electrons. The zero-order chi connectivity index (χ0) is 21.9. The van der Waals surface area contributed by atoms with Gasteiger partial charge in [-0.3, -0.25) is 14.2 Å². The SMILES string of the molecule is Cc1cc(=O)n(CC(=O)N2CCC(CN(C)c3cc(C(F)(F)F)ccn3)CC2)cn1. The van der Waals surface area contributed by atoms with Gasteiger partial charge in [-0.2, -0.15) is 13.2 Å². The molecule has 0 saturated carbocycles. The number of amides is 1. The van der Waals surface area contributed by atoms with Crippen molar-refractivity contribution in [2.75, 3.05) is 31.6 Å². The molecule has 1 amide bonds. The number of halogens is 3. The highest BCUT2D eigenvalue weighted by Crippen LogP contribution is 2.31. The molecule has 3 heterocycles. The van der Waals surface area contributed by atoms with E-state index in [1.165, 1.54) is 17.0 Å². The van der Waals surface area contributed by atoms with E-state index in [-0.39, 0.29) is 29.7 Å². The van der Waals surface area contributed by atoms with Gasteiger partial charge in [0, 0.05) is 44.6 Å². The average molecular weight is 423 g/mol. The molecular weight excluding hydrogens is 399 g/mol. The van der Waals surface area contributed by atoms with Gasteiger partial charge in [-0.05, 0) is 37.8 Å². The van der Waals surface area contributed by atoms with Gasteiger partial charge in [0.05, 0.1) is 11.9 Å². The van der Waals surface area contributed by atoms with Gasteiger partial charge < -0.3 is 9.80 Å². The van der Waals surface area contributed by atoms with Crippen molar-refractivity contribution in [1.29, 1.82) is 0 Å². The van der Waals surface area contributed by atoms with Crippen LogP contribution in [0.15, 0.2) is 35.5 Å². The summed E-state index contributed by atoms with van der Waals surface area (Å²) in [6, 6.07) is 3.39. The molecule has 1 fully saturated rings. The maximum absolute atomic E-state index is 12.9. The van der Waals surface area contributed by atoms with Crippen LogP contribution in [0.5, 0.6) is 0 Å². The van der Waals surface area contributed by atoms with Crippen molar-refractivity contribution >= 4 is 11.7 Å². The Labute approximate surface area is 172 Å². The summed E-state index contributed by atoms with van der Waals surface area (Å²) in [5.74, 6) is 0.364. The first-order chi connectivity index (χ1) is 14.1. The fourth-order valence-electron chi connectivity index (χ4n) is 3.53. The van der Waals surface area contributed by atoms with Crippen molar-refractivity contribution in [3.05, 3.63) is 52.3 Å². The van der Waals surface area contributed by atoms with Crippen LogP contribution in [-0.2, 0) is 17.5 Å². The lowest BCUT2D eigenvalue weighted by atomic mass is 9.96. The van der Waals surface area contributed by atoms with E-state index in [0.29, 0.717) is 25.3 Å². The summed E-state index contributed by atoms with van der Waals surface area (Å²) in [5, 5.41) is 0. The normalized spacial score (nSPS) is 15.3. The Morgan fingerprint density at radius 1 is 1.23 bits per heavy atom. The Bertz CT molecular complexity index is 952. The lowest BCUT2D eigenvalue weighted by molar-refractivity contribution is -0.137. The van der Waals surface area contributed by atoms with E-state index >= 15 is 0 Å². The summed E-state index contributed by atoms with van der Waals surface area (Å²) in [6.45, 7) is 3.30. The maximum Gasteiger partial charge on any atom is 0.416 e. The van der Waals surface area contributed by atoms with E-state index < -0.39 is 11.7 Å². The largest absolute Gasteiger partial charge is 0.416 e. The Balaban J connectivity index is 1.53. The molecule has 0 aliphatic carbocycles. The van der Waals surface area contributed by atoms with Crippen molar-refractivity contribution in [3.8, 4) is 0 Å². The van der Waals surface area contributed by atoms with Crippen LogP contribution in [0.2, 0.25) is 0 Å². The van der Waals surface area contributed by atoms with E-state index in [1.807, 2.05) is 0 Å². The predicted molar refractivity (Wildman–Crippen MR) is 105 cm³/mol. The molecule has 7 nitrogen and oxygen atoms in total. The van der Waals surface area contributed by atoms with Crippen molar-refractivity contribution in [2.24, 2.45) is 5.92 Å². The third-order valence-electron chi connectivity index (χ3n) is 5.29. The number of carbonyl (C=O) groups excluding carboxylic acids is 1. The smallest absolute Gasteiger partial charge is 0.359 e. The van der Waals surface area contributed by atoms with E-state index in [9.17, 15) is 22.8 Å². The summed E-state index contributed by atoms with van der Waals surface area (Å²) in [7, 11) is 1.72. The van der Waals surface area contributed by atoms with E-state index in [1.54, 1.807) is 23.8 Å². The minimum absolute atomic E-state index is 0.0508. The predicted octanol–water partition coefficient (Wildman–Crippen LogP) is 2.34. The van der Waals surface area contributed by atoms with Crippen molar-refractivity contribution in [3.63, 3.8) is 0 Å². The third kappa shape index (κ3) is 5.37. The summed E-state index contributed by atoms with van der Waals surface area (Å²) in [5.41, 5.74) is -0.384. The number of likely N-dealkylation sites (tertiary alicyclic amines) is 1. The molecule has 1 saturated heterocycles. The highest BCUT2D eigenvalue weighted by atomic mass is 19.4. The van der Waals surface area contributed by atoms with Crippen LogP contribution in [0.1, 0.15) is 24.1 Å². The summed E-state index contributed by atoms with van der Waals surface area (Å²) < 4.78 is 40.0. The van der Waals surface area contributed by atoms with Crippen LogP contribution in [0, 0.1) is 12.8 Å². The van der Waals surface area contributed by atoms with Gasteiger partial charge in [-0.25, -0.2) is 9.97 Å². The number of hydrogen-bond acceptors (Lipinski definition) is 5. The fourth-order valence-corrected chi connectivity index (χ4v) is 3.53. The molecule has 0 atom stereocenters. The fraction of sp³-hybridized carbons (Fsp3) is 0.500. The lowest BCUT2D eigenvalue weighted by Gasteiger charge is -2.34. The number of pyridine rings is 1. The second-order valence-corrected chi connectivity index (χ2v) is 7.60. The number of hydrogen-bond donors (Lipinski definition) is 0. The standard InChI is InChI=1S/C20H24F3N5O2/c1-14-9-18(29)28(13-25-14)12-19(30)27-7-4-15(5-8-27)11-26(2)17-10-16(3-6-24-17)20(21,22)23/h3,6,9-10,13,15H,4-5,7-8,11-12H2,1-2H3. The maximum atomic E-state index is 12.9. The van der Waals surface area contributed by atoms with Gasteiger partial charge >= 0.3 is 6.18 Å². The summed E-state index contributed by atoms with van der Waals surface area (Å²) in [4.78, 5) is 35.9. The Morgan fingerprint density at radius 3 is 2.57 bits per heavy atom. The van der Waals surface area contributed by atoms with Crippen LogP contribution < -0.4 is 10.5 Å². The molecule has 2 aromatic heterocycles. The molecule has 2 aromatic rings. The molecule has 10 heteroatoms. The zero-order valence-corrected chi connectivity index (χ0v) is 16.9. The number of aryl methyl sites for hydroxylation is 1. The van der Waals surface area contributed by atoms with Crippen LogP contribution in [-0.4, -0.2) is 52.0 Å². The summed E-state index contributed by atoms with van der Waals surface area (Å²) in [6.07, 6.45) is -0.400. The third-order valence-corrected chi connectivity index (χ3v) is 5.29. The van der Waals surface area contributed by atoms with Gasteiger partial charge in [0.1, 0.15) is 12.4 Å². The van der Waals surface area contributed by atoms with Crippen LogP contribution in [0.3, 0.4) is 0 Å². The molecule has 1 aliphatic heterocycles. The Kier molecular flexibility index (Phi) is 6.42. The zero-order valence-electron chi connectivity index (χ0n) is 16.9. The molecular formula is C20H24F3N5O2. The van der Waals surface area contributed by atoms with E-state index in [2.05, 4.69) is 9.97 Å². The molecule has 1 aliphatic rings. The molecule has 0 spiro atoms. The second kappa shape index (κ2) is 8.85. The number of anilines is 1. The van der Waals surface area contributed by atoms with Crippen molar-refractivity contribution in [2.45, 2.75) is 32.5 Å². The molecule has 30 heavy (non-hydrogen) atoms. The molecule has 0 N–H and O–H groups in total. The topological polar surface area (TPSA) is 71.3 Å². The van der Waals surface area contributed by atoms with Gasteiger partial charge in [-0.15, -0.1) is 0 Å². The van der Waals surface area contributed by atoms with Crippen LogP contribution in [0.4, 0.5) is 19.0 Å². The molecule has 0 aromatic carbocycles. The van der Waals surface area contributed by atoms with Gasteiger partial charge in [0.2, 0.25) is 5.91 Å². The highest BCUT2D eigenvalue weighted by molar-refractivity contribution is 5.76. The molecule has 3 rings (SSSR count). The molecule has 0 unspecified atom stereocenters. The molecule has 0 bridgehead atoms. The minimum Gasteiger partial charge on any atom is -0.359 e. The van der Waals surface area contributed by atoms with Crippen molar-refractivity contribution < 1.29 is 18.0 Å². The average Bonchev–Trinajstić information content (AvgIpc) is 2.70. The number of aromatic nitrogens is 3.